The van der Waals surface area contributed by atoms with Crippen LogP contribution in [0.15, 0.2) is 39.6 Å². The fraction of sp³-hybridized carbons (Fsp3) is 0.231. The van der Waals surface area contributed by atoms with E-state index in [0.29, 0.717) is 24.7 Å². The summed E-state index contributed by atoms with van der Waals surface area (Å²) in [6.07, 6.45) is 0. The van der Waals surface area contributed by atoms with Gasteiger partial charge in [-0.15, -0.1) is 0 Å². The molecular formula is C13H13BrN2O2. The average molecular weight is 309 g/mol. The third-order valence-corrected chi connectivity index (χ3v) is 2.90. The summed E-state index contributed by atoms with van der Waals surface area (Å²) in [6.45, 7) is 2.80. The van der Waals surface area contributed by atoms with E-state index in [1.165, 1.54) is 6.07 Å². The molecule has 0 aliphatic rings. The topological polar surface area (TPSA) is 55.0 Å². The smallest absolute Gasteiger partial charge is 0.251 e. The third-order valence-electron chi connectivity index (χ3n) is 2.37. The predicted molar refractivity (Wildman–Crippen MR) is 73.3 cm³/mol. The van der Waals surface area contributed by atoms with E-state index in [2.05, 4.69) is 25.9 Å². The highest BCUT2D eigenvalue weighted by atomic mass is 79.9. The van der Waals surface area contributed by atoms with E-state index in [0.717, 1.165) is 10.0 Å². The molecule has 5 heteroatoms. The lowest BCUT2D eigenvalue weighted by atomic mass is 10.1. The van der Waals surface area contributed by atoms with Crippen molar-refractivity contribution in [2.24, 2.45) is 0 Å². The van der Waals surface area contributed by atoms with Crippen molar-refractivity contribution in [2.75, 3.05) is 6.61 Å². The molecule has 1 aromatic carbocycles. The van der Waals surface area contributed by atoms with Crippen molar-refractivity contribution in [3.8, 4) is 11.3 Å². The van der Waals surface area contributed by atoms with Gasteiger partial charge in [0.1, 0.15) is 12.4 Å². The van der Waals surface area contributed by atoms with E-state index in [9.17, 15) is 4.79 Å². The number of nitrogens with one attached hydrogen (secondary N) is 1. The molecule has 0 bridgehead atoms. The van der Waals surface area contributed by atoms with Gasteiger partial charge in [-0.1, -0.05) is 28.1 Å². The van der Waals surface area contributed by atoms with Crippen molar-refractivity contribution in [2.45, 2.75) is 13.5 Å². The number of ether oxygens (including phenoxy) is 1. The molecular weight excluding hydrogens is 296 g/mol. The van der Waals surface area contributed by atoms with Gasteiger partial charge in [0, 0.05) is 22.7 Å². The molecule has 4 nitrogen and oxygen atoms in total. The van der Waals surface area contributed by atoms with E-state index < -0.39 is 0 Å². The van der Waals surface area contributed by atoms with Crippen molar-refractivity contribution in [3.05, 3.63) is 51.0 Å². The van der Waals surface area contributed by atoms with Crippen LogP contribution in [-0.4, -0.2) is 16.6 Å². The standard InChI is InChI=1S/C13H13BrN2O2/c1-2-18-8-12-15-11(7-13(17)16-12)9-3-5-10(14)6-4-9/h3-7H,2,8H2,1H3,(H,15,16,17). The Bertz CT molecular complexity index is 578. The van der Waals surface area contributed by atoms with Crippen LogP contribution in [0.25, 0.3) is 11.3 Å². The largest absolute Gasteiger partial charge is 0.374 e. The van der Waals surface area contributed by atoms with Gasteiger partial charge in [0.15, 0.2) is 0 Å². The lowest BCUT2D eigenvalue weighted by Gasteiger charge is -2.04. The van der Waals surface area contributed by atoms with E-state index in [-0.39, 0.29) is 5.56 Å². The van der Waals surface area contributed by atoms with Gasteiger partial charge in [0.25, 0.3) is 5.56 Å². The Morgan fingerprint density at radius 2 is 2.06 bits per heavy atom. The molecule has 0 unspecified atom stereocenters. The fourth-order valence-corrected chi connectivity index (χ4v) is 1.81. The van der Waals surface area contributed by atoms with Crippen LogP contribution in [0.1, 0.15) is 12.7 Å². The van der Waals surface area contributed by atoms with Crippen LogP contribution in [0.3, 0.4) is 0 Å². The third kappa shape index (κ3) is 3.27. The molecule has 0 spiro atoms. The normalized spacial score (nSPS) is 10.6. The van der Waals surface area contributed by atoms with Crippen molar-refractivity contribution in [1.82, 2.24) is 9.97 Å². The van der Waals surface area contributed by atoms with E-state index >= 15 is 0 Å². The Kier molecular flexibility index (Phi) is 4.28. The molecule has 0 radical (unpaired) electrons. The Hall–Kier alpha value is -1.46. The molecule has 2 rings (SSSR count). The van der Waals surface area contributed by atoms with Crippen LogP contribution in [0, 0.1) is 0 Å². The minimum absolute atomic E-state index is 0.169. The lowest BCUT2D eigenvalue weighted by Crippen LogP contribution is -2.12. The maximum absolute atomic E-state index is 11.6. The number of rotatable bonds is 4. The zero-order chi connectivity index (χ0) is 13.0. The molecule has 1 N–H and O–H groups in total. The van der Waals surface area contributed by atoms with Gasteiger partial charge in [-0.05, 0) is 19.1 Å². The Morgan fingerprint density at radius 3 is 2.72 bits per heavy atom. The molecule has 0 saturated carbocycles. The number of hydrogen-bond acceptors (Lipinski definition) is 3. The van der Waals surface area contributed by atoms with Gasteiger partial charge in [-0.3, -0.25) is 4.79 Å². The summed E-state index contributed by atoms with van der Waals surface area (Å²) < 4.78 is 6.24. The number of halogens is 1. The van der Waals surface area contributed by atoms with Gasteiger partial charge in [-0.25, -0.2) is 4.98 Å². The summed E-state index contributed by atoms with van der Waals surface area (Å²) in [7, 11) is 0. The summed E-state index contributed by atoms with van der Waals surface area (Å²) >= 11 is 3.37. The van der Waals surface area contributed by atoms with Crippen LogP contribution in [0.2, 0.25) is 0 Å². The van der Waals surface area contributed by atoms with Crippen molar-refractivity contribution >= 4 is 15.9 Å². The average Bonchev–Trinajstić information content (AvgIpc) is 2.36. The predicted octanol–water partition coefficient (Wildman–Crippen LogP) is 2.74. The quantitative estimate of drug-likeness (QED) is 0.945. The van der Waals surface area contributed by atoms with Gasteiger partial charge >= 0.3 is 0 Å². The molecule has 0 fully saturated rings. The van der Waals surface area contributed by atoms with Crippen LogP contribution in [-0.2, 0) is 11.3 Å². The number of aromatic amines is 1. The number of hydrogen-bond donors (Lipinski definition) is 1. The van der Waals surface area contributed by atoms with Crippen LogP contribution in [0.4, 0.5) is 0 Å². The minimum Gasteiger partial charge on any atom is -0.374 e. The van der Waals surface area contributed by atoms with Crippen LogP contribution in [0.5, 0.6) is 0 Å². The zero-order valence-corrected chi connectivity index (χ0v) is 11.5. The first-order valence-corrected chi connectivity index (χ1v) is 6.42. The highest BCUT2D eigenvalue weighted by molar-refractivity contribution is 9.10. The highest BCUT2D eigenvalue weighted by Crippen LogP contribution is 2.18. The fourth-order valence-electron chi connectivity index (χ4n) is 1.54. The van der Waals surface area contributed by atoms with Gasteiger partial charge < -0.3 is 9.72 Å². The van der Waals surface area contributed by atoms with E-state index in [1.807, 2.05) is 31.2 Å². The van der Waals surface area contributed by atoms with Crippen molar-refractivity contribution < 1.29 is 4.74 Å². The molecule has 0 aliphatic carbocycles. The number of H-pyrrole nitrogens is 1. The molecule has 1 heterocycles. The van der Waals surface area contributed by atoms with E-state index in [1.54, 1.807) is 0 Å². The number of benzene rings is 1. The SMILES string of the molecule is CCOCc1nc(-c2ccc(Br)cc2)cc(=O)[nH]1. The first kappa shape index (κ1) is 13.0. The summed E-state index contributed by atoms with van der Waals surface area (Å²) in [5, 5.41) is 0. The molecule has 94 valence electrons. The molecule has 0 saturated heterocycles. The summed E-state index contributed by atoms with van der Waals surface area (Å²) in [4.78, 5) is 18.6. The van der Waals surface area contributed by atoms with E-state index in [4.69, 9.17) is 4.74 Å². The molecule has 0 atom stereocenters. The molecule has 0 aliphatic heterocycles. The monoisotopic (exact) mass is 308 g/mol. The molecule has 1 aromatic heterocycles. The van der Waals surface area contributed by atoms with Gasteiger partial charge in [0.05, 0.1) is 5.69 Å². The first-order valence-electron chi connectivity index (χ1n) is 5.63. The maximum Gasteiger partial charge on any atom is 0.251 e. The summed E-state index contributed by atoms with van der Waals surface area (Å²) in [5.41, 5.74) is 1.39. The lowest BCUT2D eigenvalue weighted by molar-refractivity contribution is 0.128. The molecule has 0 amide bonds. The molecule has 2 aromatic rings. The maximum atomic E-state index is 11.6. The van der Waals surface area contributed by atoms with Gasteiger partial charge in [0.2, 0.25) is 0 Å². The highest BCUT2D eigenvalue weighted by Gasteiger charge is 2.04. The molecule has 18 heavy (non-hydrogen) atoms. The zero-order valence-electron chi connectivity index (χ0n) is 9.94. The van der Waals surface area contributed by atoms with Crippen LogP contribution >= 0.6 is 15.9 Å². The number of aromatic nitrogens is 2. The Balaban J connectivity index is 2.35. The second-order valence-electron chi connectivity index (χ2n) is 3.72. The number of nitrogens with zero attached hydrogens (tertiary/aromatic N) is 1. The van der Waals surface area contributed by atoms with Crippen LogP contribution < -0.4 is 5.56 Å². The van der Waals surface area contributed by atoms with Crippen molar-refractivity contribution in [3.63, 3.8) is 0 Å². The summed E-state index contributed by atoms with van der Waals surface area (Å²) in [5.74, 6) is 0.544. The van der Waals surface area contributed by atoms with Gasteiger partial charge in [-0.2, -0.15) is 0 Å². The second-order valence-corrected chi connectivity index (χ2v) is 4.64. The summed E-state index contributed by atoms with van der Waals surface area (Å²) in [6, 6.07) is 9.14. The van der Waals surface area contributed by atoms with Crippen molar-refractivity contribution in [1.29, 1.82) is 0 Å². The minimum atomic E-state index is -0.169. The Labute approximate surface area is 113 Å². The second kappa shape index (κ2) is 5.93. The first-order chi connectivity index (χ1) is 8.69. The Morgan fingerprint density at radius 1 is 1.33 bits per heavy atom.